The molecule has 3 rings (SSSR count). The van der Waals surface area contributed by atoms with Gasteiger partial charge in [0.05, 0.1) is 6.04 Å². The van der Waals surface area contributed by atoms with E-state index in [9.17, 15) is 9.59 Å². The van der Waals surface area contributed by atoms with Crippen molar-refractivity contribution < 1.29 is 14.3 Å². The van der Waals surface area contributed by atoms with E-state index in [1.807, 2.05) is 24.3 Å². The smallest absolute Gasteiger partial charge is 0.336 e. The van der Waals surface area contributed by atoms with Crippen molar-refractivity contribution >= 4 is 35.2 Å². The second-order valence-electron chi connectivity index (χ2n) is 5.46. The molecule has 1 aromatic carbocycles. The van der Waals surface area contributed by atoms with Gasteiger partial charge in [0.2, 0.25) is 0 Å². The lowest BCUT2D eigenvalue weighted by Crippen LogP contribution is -2.34. The van der Waals surface area contributed by atoms with Crippen molar-refractivity contribution in [2.24, 2.45) is 0 Å². The van der Waals surface area contributed by atoms with E-state index in [0.29, 0.717) is 16.6 Å². The van der Waals surface area contributed by atoms with Crippen LogP contribution in [0.5, 0.6) is 5.06 Å². The first-order valence-electron chi connectivity index (χ1n) is 7.52. The number of fused-ring (bicyclic) bond motifs is 1. The van der Waals surface area contributed by atoms with Crippen LogP contribution in [0, 0.1) is 0 Å². The number of thiophene rings is 1. The normalized spacial score (nSPS) is 15.4. The minimum Gasteiger partial charge on any atom is -0.412 e. The van der Waals surface area contributed by atoms with E-state index in [2.05, 4.69) is 11.5 Å². The Morgan fingerprint density at radius 3 is 2.92 bits per heavy atom. The summed E-state index contributed by atoms with van der Waals surface area (Å²) in [4.78, 5) is 26.3. The third-order valence-corrected chi connectivity index (χ3v) is 5.45. The van der Waals surface area contributed by atoms with Crippen LogP contribution in [0.2, 0.25) is 5.02 Å². The molecule has 0 saturated heterocycles. The molecule has 1 unspecified atom stereocenters. The summed E-state index contributed by atoms with van der Waals surface area (Å²) in [6.45, 7) is 4.76. The van der Waals surface area contributed by atoms with E-state index in [-0.39, 0.29) is 6.04 Å². The maximum atomic E-state index is 11.7. The zero-order valence-electron chi connectivity index (χ0n) is 12.9. The predicted molar refractivity (Wildman–Crippen MR) is 94.5 cm³/mol. The van der Waals surface area contributed by atoms with Gasteiger partial charge in [-0.1, -0.05) is 36.4 Å². The summed E-state index contributed by atoms with van der Waals surface area (Å²) >= 11 is 7.71. The predicted octanol–water partition coefficient (Wildman–Crippen LogP) is 3.79. The molecule has 0 radical (unpaired) electrons. The highest BCUT2D eigenvalue weighted by Gasteiger charge is 2.27. The van der Waals surface area contributed by atoms with Crippen LogP contribution in [0.15, 0.2) is 43.0 Å². The third kappa shape index (κ3) is 3.43. The van der Waals surface area contributed by atoms with Crippen LogP contribution >= 0.6 is 22.9 Å². The van der Waals surface area contributed by atoms with Gasteiger partial charge in [-0.2, -0.15) is 0 Å². The van der Waals surface area contributed by atoms with E-state index < -0.39 is 5.97 Å². The molecular formula is C18H16ClNO3S. The molecule has 4 nitrogen and oxygen atoms in total. The molecular weight excluding hydrogens is 346 g/mol. The Kier molecular flexibility index (Phi) is 5.14. The molecule has 24 heavy (non-hydrogen) atoms. The largest absolute Gasteiger partial charge is 0.412 e. The number of halogens is 1. The molecule has 2 aromatic rings. The third-order valence-electron chi connectivity index (χ3n) is 3.99. The molecule has 0 bridgehead atoms. The number of hydrogen-bond donors (Lipinski definition) is 0. The van der Waals surface area contributed by atoms with Crippen LogP contribution < -0.4 is 4.74 Å². The van der Waals surface area contributed by atoms with E-state index in [1.165, 1.54) is 16.2 Å². The number of benzene rings is 1. The van der Waals surface area contributed by atoms with E-state index in [1.54, 1.807) is 6.07 Å². The summed E-state index contributed by atoms with van der Waals surface area (Å²) in [5.41, 5.74) is 1.89. The van der Waals surface area contributed by atoms with Gasteiger partial charge in [-0.3, -0.25) is 4.90 Å². The lowest BCUT2D eigenvalue weighted by atomic mass is 10.0. The summed E-state index contributed by atoms with van der Waals surface area (Å²) < 4.78 is 5.19. The lowest BCUT2D eigenvalue weighted by Gasteiger charge is -2.31. The lowest BCUT2D eigenvalue weighted by molar-refractivity contribution is -0.128. The highest BCUT2D eigenvalue weighted by Crippen LogP contribution is 2.36. The zero-order chi connectivity index (χ0) is 17.1. The molecule has 6 heteroatoms. The summed E-state index contributed by atoms with van der Waals surface area (Å²) in [5, 5.41) is 1.15. The van der Waals surface area contributed by atoms with Gasteiger partial charge in [0.1, 0.15) is 6.29 Å². The Balaban J connectivity index is 1.81. The molecule has 0 aliphatic carbocycles. The Bertz CT molecular complexity index is 786. The average molecular weight is 362 g/mol. The topological polar surface area (TPSA) is 46.6 Å². The van der Waals surface area contributed by atoms with Gasteiger partial charge >= 0.3 is 5.97 Å². The van der Waals surface area contributed by atoms with Gasteiger partial charge in [0.15, 0.2) is 5.06 Å². The standard InChI is InChI=1S/C18H16ClNO3S/c1-2-17(22)23-18-9-12-10-20(8-7-16(12)24-18)15(11-21)13-5-3-4-6-14(13)19/h2-6,9,11,15H,1,7-8,10H2. The molecule has 0 amide bonds. The Morgan fingerprint density at radius 1 is 1.42 bits per heavy atom. The monoisotopic (exact) mass is 361 g/mol. The number of hydrogen-bond acceptors (Lipinski definition) is 5. The molecule has 124 valence electrons. The quantitative estimate of drug-likeness (QED) is 0.462. The summed E-state index contributed by atoms with van der Waals surface area (Å²) in [7, 11) is 0. The number of nitrogens with zero attached hydrogens (tertiary/aromatic N) is 1. The molecule has 2 heterocycles. The van der Waals surface area contributed by atoms with Crippen LogP contribution in [-0.2, 0) is 22.6 Å². The second-order valence-corrected chi connectivity index (χ2v) is 6.97. The first-order chi connectivity index (χ1) is 11.6. The molecule has 1 atom stereocenters. The van der Waals surface area contributed by atoms with E-state index in [4.69, 9.17) is 16.3 Å². The number of carbonyl (C=O) groups excluding carboxylic acids is 2. The van der Waals surface area contributed by atoms with Crippen LogP contribution in [0.1, 0.15) is 22.0 Å². The Labute approximate surface area is 149 Å². The summed E-state index contributed by atoms with van der Waals surface area (Å²) in [5.74, 6) is -0.465. The second kappa shape index (κ2) is 7.30. The van der Waals surface area contributed by atoms with Gasteiger partial charge in [-0.15, -0.1) is 11.3 Å². The maximum absolute atomic E-state index is 11.7. The SMILES string of the molecule is C=CC(=O)Oc1cc2c(s1)CCN(C(C=O)c1ccccc1Cl)C2. The Hall–Kier alpha value is -1.95. The number of aldehydes is 1. The molecule has 0 saturated carbocycles. The van der Waals surface area contributed by atoms with Crippen molar-refractivity contribution in [2.75, 3.05) is 6.54 Å². The van der Waals surface area contributed by atoms with Crippen molar-refractivity contribution in [1.29, 1.82) is 0 Å². The maximum Gasteiger partial charge on any atom is 0.336 e. The minimum atomic E-state index is -0.465. The first-order valence-corrected chi connectivity index (χ1v) is 8.71. The molecule has 0 N–H and O–H groups in total. The number of rotatable bonds is 5. The van der Waals surface area contributed by atoms with Gasteiger partial charge in [-0.25, -0.2) is 4.79 Å². The number of esters is 1. The first kappa shape index (κ1) is 16.9. The molecule has 0 fully saturated rings. The zero-order valence-corrected chi connectivity index (χ0v) is 14.5. The van der Waals surface area contributed by atoms with Gasteiger partial charge in [0.25, 0.3) is 0 Å². The van der Waals surface area contributed by atoms with Crippen molar-refractivity contribution in [3.8, 4) is 5.06 Å². The highest BCUT2D eigenvalue weighted by molar-refractivity contribution is 7.14. The van der Waals surface area contributed by atoms with Gasteiger partial charge in [-0.05, 0) is 29.7 Å². The van der Waals surface area contributed by atoms with Crippen molar-refractivity contribution in [3.63, 3.8) is 0 Å². The van der Waals surface area contributed by atoms with Crippen molar-refractivity contribution in [3.05, 3.63) is 64.0 Å². The average Bonchev–Trinajstić information content (AvgIpc) is 2.98. The highest BCUT2D eigenvalue weighted by atomic mass is 35.5. The summed E-state index contributed by atoms with van der Waals surface area (Å²) in [6, 6.07) is 8.88. The summed E-state index contributed by atoms with van der Waals surface area (Å²) in [6.07, 6.45) is 2.88. The fourth-order valence-corrected chi connectivity index (χ4v) is 4.09. The van der Waals surface area contributed by atoms with Crippen LogP contribution in [0.4, 0.5) is 0 Å². The number of carbonyl (C=O) groups is 2. The molecule has 0 spiro atoms. The fourth-order valence-electron chi connectivity index (χ4n) is 2.83. The Morgan fingerprint density at radius 2 is 2.21 bits per heavy atom. The van der Waals surface area contributed by atoms with Gasteiger partial charge in [0, 0.05) is 29.1 Å². The van der Waals surface area contributed by atoms with Crippen LogP contribution in [0.3, 0.4) is 0 Å². The van der Waals surface area contributed by atoms with Crippen molar-refractivity contribution in [1.82, 2.24) is 4.90 Å². The van der Waals surface area contributed by atoms with Crippen LogP contribution in [-0.4, -0.2) is 23.7 Å². The number of ether oxygens (including phenoxy) is 1. The minimum absolute atomic E-state index is 0.383. The van der Waals surface area contributed by atoms with E-state index >= 15 is 0 Å². The van der Waals surface area contributed by atoms with E-state index in [0.717, 1.165) is 36.5 Å². The fraction of sp³-hybridized carbons (Fsp3) is 0.222. The molecule has 1 aromatic heterocycles. The molecule has 1 aliphatic rings. The van der Waals surface area contributed by atoms with Gasteiger partial charge < -0.3 is 9.53 Å². The van der Waals surface area contributed by atoms with Crippen LogP contribution in [0.25, 0.3) is 0 Å². The van der Waals surface area contributed by atoms with Crippen molar-refractivity contribution in [2.45, 2.75) is 19.0 Å². The molecule has 1 aliphatic heterocycles.